The zero-order valence-corrected chi connectivity index (χ0v) is 10.5. The van der Waals surface area contributed by atoms with Gasteiger partial charge in [0, 0.05) is 12.4 Å². The SMILES string of the molecule is O=S(=O)(OCCc1cccnc1)c1ccccc1. The summed E-state index contributed by atoms with van der Waals surface area (Å²) in [5.41, 5.74) is 0.945. The summed E-state index contributed by atoms with van der Waals surface area (Å²) in [5.74, 6) is 0. The van der Waals surface area contributed by atoms with Gasteiger partial charge in [0.05, 0.1) is 11.5 Å². The minimum absolute atomic E-state index is 0.114. The summed E-state index contributed by atoms with van der Waals surface area (Å²) >= 11 is 0. The van der Waals surface area contributed by atoms with E-state index >= 15 is 0 Å². The topological polar surface area (TPSA) is 56.3 Å². The van der Waals surface area contributed by atoms with Gasteiger partial charge in [-0.05, 0) is 30.2 Å². The highest BCUT2D eigenvalue weighted by Gasteiger charge is 2.13. The molecule has 0 saturated carbocycles. The van der Waals surface area contributed by atoms with Crippen molar-refractivity contribution >= 4 is 10.1 Å². The molecule has 0 radical (unpaired) electrons. The van der Waals surface area contributed by atoms with E-state index < -0.39 is 10.1 Å². The maximum atomic E-state index is 11.8. The second-order valence-corrected chi connectivity index (χ2v) is 5.32. The van der Waals surface area contributed by atoms with Crippen molar-refractivity contribution in [3.8, 4) is 0 Å². The van der Waals surface area contributed by atoms with Crippen LogP contribution in [0.25, 0.3) is 0 Å². The quantitative estimate of drug-likeness (QED) is 0.774. The number of rotatable bonds is 5. The number of aromatic nitrogens is 1. The predicted octanol–water partition coefficient (Wildman–Crippen LogP) is 2.03. The van der Waals surface area contributed by atoms with Crippen LogP contribution in [0.2, 0.25) is 0 Å². The van der Waals surface area contributed by atoms with Gasteiger partial charge in [-0.2, -0.15) is 8.42 Å². The van der Waals surface area contributed by atoms with Gasteiger partial charge in [-0.15, -0.1) is 0 Å². The van der Waals surface area contributed by atoms with Gasteiger partial charge in [0.25, 0.3) is 10.1 Å². The molecule has 0 saturated heterocycles. The third-order valence-electron chi connectivity index (χ3n) is 2.38. The first-order valence-electron chi connectivity index (χ1n) is 5.52. The second kappa shape index (κ2) is 5.75. The van der Waals surface area contributed by atoms with E-state index in [-0.39, 0.29) is 11.5 Å². The largest absolute Gasteiger partial charge is 0.296 e. The van der Waals surface area contributed by atoms with Gasteiger partial charge in [0.1, 0.15) is 0 Å². The highest BCUT2D eigenvalue weighted by molar-refractivity contribution is 7.86. The molecule has 94 valence electrons. The highest BCUT2D eigenvalue weighted by atomic mass is 32.2. The molecule has 0 bridgehead atoms. The van der Waals surface area contributed by atoms with Crippen molar-refractivity contribution in [1.82, 2.24) is 4.98 Å². The third-order valence-corrected chi connectivity index (χ3v) is 3.71. The van der Waals surface area contributed by atoms with Crippen molar-refractivity contribution in [3.05, 3.63) is 60.4 Å². The number of benzene rings is 1. The first-order chi connectivity index (χ1) is 8.68. The average Bonchev–Trinajstić information content (AvgIpc) is 2.41. The van der Waals surface area contributed by atoms with E-state index in [1.807, 2.05) is 6.07 Å². The Morgan fingerprint density at radius 3 is 2.50 bits per heavy atom. The van der Waals surface area contributed by atoms with Gasteiger partial charge < -0.3 is 0 Å². The minimum Gasteiger partial charge on any atom is -0.266 e. The lowest BCUT2D eigenvalue weighted by atomic mass is 10.2. The second-order valence-electron chi connectivity index (χ2n) is 3.70. The molecule has 0 aliphatic carbocycles. The molecular weight excluding hydrogens is 250 g/mol. The molecule has 18 heavy (non-hydrogen) atoms. The van der Waals surface area contributed by atoms with E-state index in [0.29, 0.717) is 6.42 Å². The molecule has 2 aromatic rings. The van der Waals surface area contributed by atoms with E-state index in [4.69, 9.17) is 4.18 Å². The van der Waals surface area contributed by atoms with Crippen LogP contribution in [0.4, 0.5) is 0 Å². The Labute approximate surface area is 106 Å². The molecule has 0 fully saturated rings. The molecule has 0 spiro atoms. The first-order valence-corrected chi connectivity index (χ1v) is 6.93. The smallest absolute Gasteiger partial charge is 0.266 e. The summed E-state index contributed by atoms with van der Waals surface area (Å²) in [6.07, 6.45) is 3.88. The molecule has 0 N–H and O–H groups in total. The number of hydrogen-bond donors (Lipinski definition) is 0. The van der Waals surface area contributed by atoms with E-state index in [1.165, 1.54) is 12.1 Å². The van der Waals surface area contributed by atoms with Gasteiger partial charge in [-0.1, -0.05) is 24.3 Å². The number of pyridine rings is 1. The van der Waals surface area contributed by atoms with Crippen molar-refractivity contribution in [2.75, 3.05) is 6.61 Å². The maximum Gasteiger partial charge on any atom is 0.296 e. The fourth-order valence-corrected chi connectivity index (χ4v) is 2.40. The minimum atomic E-state index is -3.65. The Balaban J connectivity index is 1.95. The standard InChI is InChI=1S/C13H13NO3S/c15-18(16,13-6-2-1-3-7-13)17-10-8-12-5-4-9-14-11-12/h1-7,9,11H,8,10H2. The molecule has 1 aromatic carbocycles. The van der Waals surface area contributed by atoms with Gasteiger partial charge in [0.15, 0.2) is 0 Å². The van der Waals surface area contributed by atoms with Crippen LogP contribution in [0.3, 0.4) is 0 Å². The lowest BCUT2D eigenvalue weighted by Gasteiger charge is -2.05. The number of hydrogen-bond acceptors (Lipinski definition) is 4. The summed E-state index contributed by atoms with van der Waals surface area (Å²) in [6, 6.07) is 11.8. The van der Waals surface area contributed by atoms with Crippen LogP contribution in [0, 0.1) is 0 Å². The summed E-state index contributed by atoms with van der Waals surface area (Å²) in [6.45, 7) is 0.114. The van der Waals surface area contributed by atoms with E-state index in [0.717, 1.165) is 5.56 Å². The molecule has 1 aromatic heterocycles. The predicted molar refractivity (Wildman–Crippen MR) is 67.5 cm³/mol. The fourth-order valence-electron chi connectivity index (χ4n) is 1.47. The fraction of sp³-hybridized carbons (Fsp3) is 0.154. The molecule has 4 nitrogen and oxygen atoms in total. The third kappa shape index (κ3) is 3.38. The van der Waals surface area contributed by atoms with Gasteiger partial charge >= 0.3 is 0 Å². The van der Waals surface area contributed by atoms with Crippen LogP contribution in [0.15, 0.2) is 59.8 Å². The lowest BCUT2D eigenvalue weighted by Crippen LogP contribution is -2.09. The number of nitrogens with zero attached hydrogens (tertiary/aromatic N) is 1. The summed E-state index contributed by atoms with van der Waals surface area (Å²) in [7, 11) is -3.65. The Kier molecular flexibility index (Phi) is 4.07. The van der Waals surface area contributed by atoms with E-state index in [1.54, 1.807) is 36.7 Å². The molecule has 5 heteroatoms. The van der Waals surface area contributed by atoms with Crippen LogP contribution in [0.1, 0.15) is 5.56 Å². The molecule has 1 heterocycles. The first kappa shape index (κ1) is 12.7. The van der Waals surface area contributed by atoms with Crippen LogP contribution >= 0.6 is 0 Å². The highest BCUT2D eigenvalue weighted by Crippen LogP contribution is 2.11. The van der Waals surface area contributed by atoms with Crippen molar-refractivity contribution in [2.45, 2.75) is 11.3 Å². The molecule has 0 unspecified atom stereocenters. The summed E-state index contributed by atoms with van der Waals surface area (Å²) in [4.78, 5) is 4.13. The maximum absolute atomic E-state index is 11.8. The van der Waals surface area contributed by atoms with Gasteiger partial charge in [0.2, 0.25) is 0 Å². The Bertz CT molecular complexity index is 582. The van der Waals surface area contributed by atoms with Crippen LogP contribution < -0.4 is 0 Å². The van der Waals surface area contributed by atoms with Crippen molar-refractivity contribution in [3.63, 3.8) is 0 Å². The summed E-state index contributed by atoms with van der Waals surface area (Å²) in [5, 5.41) is 0. The molecule has 2 rings (SSSR count). The lowest BCUT2D eigenvalue weighted by molar-refractivity contribution is 0.322. The monoisotopic (exact) mass is 263 g/mol. The zero-order valence-electron chi connectivity index (χ0n) is 9.69. The Morgan fingerprint density at radius 1 is 1.06 bits per heavy atom. The van der Waals surface area contributed by atoms with Crippen LogP contribution in [-0.4, -0.2) is 20.0 Å². The van der Waals surface area contributed by atoms with Crippen molar-refractivity contribution < 1.29 is 12.6 Å². The zero-order chi connectivity index (χ0) is 12.8. The Morgan fingerprint density at radius 2 is 1.83 bits per heavy atom. The van der Waals surface area contributed by atoms with E-state index in [2.05, 4.69) is 4.98 Å². The van der Waals surface area contributed by atoms with Crippen molar-refractivity contribution in [1.29, 1.82) is 0 Å². The van der Waals surface area contributed by atoms with E-state index in [9.17, 15) is 8.42 Å². The normalized spacial score (nSPS) is 11.3. The average molecular weight is 263 g/mol. The van der Waals surface area contributed by atoms with Crippen molar-refractivity contribution in [2.24, 2.45) is 0 Å². The molecule has 0 amide bonds. The molecule has 0 aliphatic rings. The van der Waals surface area contributed by atoms with Crippen LogP contribution in [0.5, 0.6) is 0 Å². The summed E-state index contributed by atoms with van der Waals surface area (Å²) < 4.78 is 28.5. The molecular formula is C13H13NO3S. The molecule has 0 atom stereocenters. The van der Waals surface area contributed by atoms with Gasteiger partial charge in [-0.25, -0.2) is 0 Å². The molecule has 0 aliphatic heterocycles. The van der Waals surface area contributed by atoms with Crippen LogP contribution in [-0.2, 0) is 20.7 Å². The van der Waals surface area contributed by atoms with Gasteiger partial charge in [-0.3, -0.25) is 9.17 Å². The Hall–Kier alpha value is -1.72.